The van der Waals surface area contributed by atoms with E-state index in [0.717, 1.165) is 38.5 Å². The minimum Gasteiger partial charge on any atom is -0.371 e. The molecule has 1 N–H and O–H groups in total. The molecule has 2 aliphatic heterocycles. The summed E-state index contributed by atoms with van der Waals surface area (Å²) in [7, 11) is 0. The molecule has 22 heavy (non-hydrogen) atoms. The van der Waals surface area contributed by atoms with E-state index in [1.807, 2.05) is 12.4 Å². The first kappa shape index (κ1) is 14.2. The van der Waals surface area contributed by atoms with Crippen molar-refractivity contribution in [3.8, 4) is 0 Å². The summed E-state index contributed by atoms with van der Waals surface area (Å²) in [4.78, 5) is 18.8. The fourth-order valence-corrected chi connectivity index (χ4v) is 3.59. The molecule has 118 valence electrons. The fraction of sp³-hybridized carbons (Fsp3) is 0.647. The number of hydrogen-bond donors (Lipinski definition) is 1. The molecule has 1 amide bonds. The average molecular weight is 301 g/mol. The summed E-state index contributed by atoms with van der Waals surface area (Å²) in [6.07, 6.45) is 7.34. The summed E-state index contributed by atoms with van der Waals surface area (Å²) >= 11 is 0. The Labute approximate surface area is 131 Å². The molecule has 2 bridgehead atoms. The Bertz CT molecular complexity index is 532. The van der Waals surface area contributed by atoms with Crippen LogP contribution in [0.2, 0.25) is 0 Å². The van der Waals surface area contributed by atoms with E-state index < -0.39 is 0 Å². The molecular formula is C17H23N3O2. The number of nitrogens with one attached hydrogen (secondary N) is 1. The van der Waals surface area contributed by atoms with Gasteiger partial charge in [-0.2, -0.15) is 0 Å². The lowest BCUT2D eigenvalue weighted by Crippen LogP contribution is -2.45. The maximum Gasteiger partial charge on any atom is 0.225 e. The highest BCUT2D eigenvalue weighted by Crippen LogP contribution is 2.33. The predicted octanol–water partition coefficient (Wildman–Crippen LogP) is 1.20. The smallest absolute Gasteiger partial charge is 0.225 e. The molecule has 1 aliphatic carbocycles. The second-order valence-corrected chi connectivity index (χ2v) is 6.88. The van der Waals surface area contributed by atoms with Gasteiger partial charge in [0, 0.05) is 38.6 Å². The maximum atomic E-state index is 12.4. The molecule has 3 atom stereocenters. The van der Waals surface area contributed by atoms with Gasteiger partial charge in [0.1, 0.15) is 0 Å². The van der Waals surface area contributed by atoms with Crippen molar-refractivity contribution in [1.29, 1.82) is 0 Å². The number of nitrogens with zero attached hydrogens (tertiary/aromatic N) is 2. The number of likely N-dealkylation sites (tertiary alicyclic amines) is 1. The van der Waals surface area contributed by atoms with Crippen LogP contribution in [0.5, 0.6) is 0 Å². The number of amides is 1. The summed E-state index contributed by atoms with van der Waals surface area (Å²) in [6.45, 7) is 3.54. The van der Waals surface area contributed by atoms with E-state index in [-0.39, 0.29) is 24.0 Å². The van der Waals surface area contributed by atoms with Gasteiger partial charge in [-0.1, -0.05) is 0 Å². The van der Waals surface area contributed by atoms with Gasteiger partial charge in [0.05, 0.1) is 18.1 Å². The van der Waals surface area contributed by atoms with Crippen molar-refractivity contribution in [1.82, 2.24) is 15.2 Å². The molecule has 3 heterocycles. The van der Waals surface area contributed by atoms with Crippen molar-refractivity contribution in [3.05, 3.63) is 30.1 Å². The minimum atomic E-state index is 0.0335. The van der Waals surface area contributed by atoms with Gasteiger partial charge >= 0.3 is 0 Å². The quantitative estimate of drug-likeness (QED) is 0.888. The summed E-state index contributed by atoms with van der Waals surface area (Å²) < 4.78 is 6.01. The molecule has 3 fully saturated rings. The highest BCUT2D eigenvalue weighted by molar-refractivity contribution is 5.79. The van der Waals surface area contributed by atoms with Crippen molar-refractivity contribution in [2.24, 2.45) is 11.8 Å². The van der Waals surface area contributed by atoms with Crippen LogP contribution in [0.25, 0.3) is 0 Å². The molecule has 3 aliphatic rings. The van der Waals surface area contributed by atoms with E-state index in [1.54, 1.807) is 0 Å². The molecule has 2 saturated heterocycles. The van der Waals surface area contributed by atoms with E-state index in [9.17, 15) is 4.79 Å². The standard InChI is InChI=1S/C17H23N3O2/c21-17(19-8-12-1-2-12)15-7-14-10-20(11-16(15)22-14)9-13-3-5-18-6-4-13/h3-6,12,14-16H,1-2,7-11H2,(H,19,21)/t14-,15-,16+/m0/s1. The number of hydrogen-bond acceptors (Lipinski definition) is 4. The van der Waals surface area contributed by atoms with Crippen LogP contribution in [0.15, 0.2) is 24.5 Å². The first-order valence-electron chi connectivity index (χ1n) is 8.32. The number of carbonyl (C=O) groups excluding carboxylic acids is 1. The number of carbonyl (C=O) groups is 1. The van der Waals surface area contributed by atoms with Gasteiger partial charge in [0.2, 0.25) is 5.91 Å². The molecule has 0 radical (unpaired) electrons. The molecule has 5 heteroatoms. The Kier molecular flexibility index (Phi) is 3.84. The molecule has 1 aromatic heterocycles. The molecule has 0 unspecified atom stereocenters. The lowest BCUT2D eigenvalue weighted by molar-refractivity contribution is -0.128. The third-order valence-electron chi connectivity index (χ3n) is 4.99. The van der Waals surface area contributed by atoms with Crippen LogP contribution in [-0.4, -0.2) is 47.6 Å². The number of rotatable bonds is 5. The topological polar surface area (TPSA) is 54.5 Å². The summed E-state index contributed by atoms with van der Waals surface area (Å²) in [5.41, 5.74) is 1.27. The molecule has 1 aromatic rings. The Hall–Kier alpha value is -1.46. The number of fused-ring (bicyclic) bond motifs is 2. The first-order chi connectivity index (χ1) is 10.8. The molecule has 4 rings (SSSR count). The SMILES string of the molecule is O=C(NCC1CC1)[C@H]1C[C@H]2CN(Cc3ccncc3)C[C@H]1O2. The van der Waals surface area contributed by atoms with E-state index >= 15 is 0 Å². The van der Waals surface area contributed by atoms with Crippen molar-refractivity contribution < 1.29 is 9.53 Å². The highest BCUT2D eigenvalue weighted by Gasteiger charge is 2.44. The predicted molar refractivity (Wildman–Crippen MR) is 82.0 cm³/mol. The second-order valence-electron chi connectivity index (χ2n) is 6.88. The lowest BCUT2D eigenvalue weighted by atomic mass is 9.99. The van der Waals surface area contributed by atoms with Crippen LogP contribution >= 0.6 is 0 Å². The summed E-state index contributed by atoms with van der Waals surface area (Å²) in [5.74, 6) is 0.963. The lowest BCUT2D eigenvalue weighted by Gasteiger charge is -2.32. The van der Waals surface area contributed by atoms with Gasteiger partial charge in [-0.05, 0) is 42.9 Å². The number of pyridine rings is 1. The number of morpholine rings is 1. The van der Waals surface area contributed by atoms with Gasteiger partial charge in [-0.3, -0.25) is 14.7 Å². The number of ether oxygens (including phenoxy) is 1. The van der Waals surface area contributed by atoms with Gasteiger partial charge in [0.15, 0.2) is 0 Å². The summed E-state index contributed by atoms with van der Waals surface area (Å²) in [5, 5.41) is 3.12. The van der Waals surface area contributed by atoms with E-state index in [2.05, 4.69) is 27.3 Å². The van der Waals surface area contributed by atoms with Crippen molar-refractivity contribution in [3.63, 3.8) is 0 Å². The summed E-state index contributed by atoms with van der Waals surface area (Å²) in [6, 6.07) is 4.11. The van der Waals surface area contributed by atoms with E-state index in [0.29, 0.717) is 0 Å². The van der Waals surface area contributed by atoms with Crippen LogP contribution in [0.1, 0.15) is 24.8 Å². The van der Waals surface area contributed by atoms with Crippen LogP contribution in [0, 0.1) is 11.8 Å². The van der Waals surface area contributed by atoms with Crippen molar-refractivity contribution in [2.45, 2.75) is 38.0 Å². The zero-order valence-electron chi connectivity index (χ0n) is 12.8. The Morgan fingerprint density at radius 2 is 2.14 bits per heavy atom. The van der Waals surface area contributed by atoms with Crippen molar-refractivity contribution >= 4 is 5.91 Å². The van der Waals surface area contributed by atoms with Crippen LogP contribution < -0.4 is 5.32 Å². The highest BCUT2D eigenvalue weighted by atomic mass is 16.5. The van der Waals surface area contributed by atoms with E-state index in [1.165, 1.54) is 18.4 Å². The van der Waals surface area contributed by atoms with Gasteiger partial charge in [-0.15, -0.1) is 0 Å². The van der Waals surface area contributed by atoms with Gasteiger partial charge < -0.3 is 10.1 Å². The molecule has 5 nitrogen and oxygen atoms in total. The first-order valence-corrected chi connectivity index (χ1v) is 8.32. The normalized spacial score (nSPS) is 31.2. The van der Waals surface area contributed by atoms with Crippen molar-refractivity contribution in [2.75, 3.05) is 19.6 Å². The van der Waals surface area contributed by atoms with E-state index in [4.69, 9.17) is 4.74 Å². The number of aromatic nitrogens is 1. The molecular weight excluding hydrogens is 278 g/mol. The Balaban J connectivity index is 1.34. The minimum absolute atomic E-state index is 0.0335. The Morgan fingerprint density at radius 3 is 2.91 bits per heavy atom. The third kappa shape index (κ3) is 3.15. The van der Waals surface area contributed by atoms with Crippen LogP contribution in [0.4, 0.5) is 0 Å². The zero-order chi connectivity index (χ0) is 14.9. The molecule has 0 spiro atoms. The third-order valence-corrected chi connectivity index (χ3v) is 4.99. The second kappa shape index (κ2) is 5.97. The van der Waals surface area contributed by atoms with Crippen LogP contribution in [0.3, 0.4) is 0 Å². The Morgan fingerprint density at radius 1 is 1.32 bits per heavy atom. The maximum absolute atomic E-state index is 12.4. The van der Waals surface area contributed by atoms with Gasteiger partial charge in [0.25, 0.3) is 0 Å². The monoisotopic (exact) mass is 301 g/mol. The fourth-order valence-electron chi connectivity index (χ4n) is 3.59. The average Bonchev–Trinajstić information content (AvgIpc) is 3.30. The molecule has 0 aromatic carbocycles. The van der Waals surface area contributed by atoms with Crippen LogP contribution in [-0.2, 0) is 16.1 Å². The largest absolute Gasteiger partial charge is 0.371 e. The molecule has 1 saturated carbocycles. The zero-order valence-corrected chi connectivity index (χ0v) is 12.8. The van der Waals surface area contributed by atoms with Gasteiger partial charge in [-0.25, -0.2) is 0 Å².